The Labute approximate surface area is 185 Å². The summed E-state index contributed by atoms with van der Waals surface area (Å²) < 4.78 is 6.47. The average Bonchev–Trinajstić information content (AvgIpc) is 3.08. The summed E-state index contributed by atoms with van der Waals surface area (Å²) in [5, 5.41) is 3.57. The van der Waals surface area contributed by atoms with Gasteiger partial charge in [0.25, 0.3) is 11.5 Å². The lowest BCUT2D eigenvalue weighted by Gasteiger charge is -2.08. The topological polar surface area (TPSA) is 76.6 Å². The standard InChI is InChI=1S/C21H15Cl2N3O3S/c1-12-8-19-24-15(10-20(27)26(19)29-12)11-30-16-5-3-14(4-6-16)25-21(28)17-7-2-13(22)9-18(17)23/h2-10H,11H2,1H3,(H,25,28). The minimum absolute atomic E-state index is 0.248. The molecule has 4 aromatic rings. The summed E-state index contributed by atoms with van der Waals surface area (Å²) in [5.74, 6) is 0.842. The molecular weight excluding hydrogens is 445 g/mol. The van der Waals surface area contributed by atoms with Crippen molar-refractivity contribution >= 4 is 52.2 Å². The van der Waals surface area contributed by atoms with Crippen LogP contribution in [0, 0.1) is 6.92 Å². The number of nitrogens with one attached hydrogen (secondary N) is 1. The van der Waals surface area contributed by atoms with Gasteiger partial charge in [-0.15, -0.1) is 16.3 Å². The Bertz CT molecular complexity index is 1300. The number of thioether (sulfide) groups is 1. The predicted molar refractivity (Wildman–Crippen MR) is 119 cm³/mol. The number of nitrogens with zero attached hydrogens (tertiary/aromatic N) is 2. The van der Waals surface area contributed by atoms with Crippen molar-refractivity contribution < 1.29 is 9.32 Å². The van der Waals surface area contributed by atoms with E-state index in [1.165, 1.54) is 28.5 Å². The van der Waals surface area contributed by atoms with Crippen LogP contribution in [0.5, 0.6) is 0 Å². The summed E-state index contributed by atoms with van der Waals surface area (Å²) >= 11 is 13.5. The van der Waals surface area contributed by atoms with Crippen LogP contribution in [0.2, 0.25) is 10.0 Å². The van der Waals surface area contributed by atoms with Gasteiger partial charge in [0.05, 0.1) is 16.3 Å². The highest BCUT2D eigenvalue weighted by Crippen LogP contribution is 2.25. The molecule has 152 valence electrons. The number of rotatable bonds is 5. The van der Waals surface area contributed by atoms with Gasteiger partial charge in [-0.25, -0.2) is 4.98 Å². The number of amides is 1. The highest BCUT2D eigenvalue weighted by atomic mass is 35.5. The molecule has 30 heavy (non-hydrogen) atoms. The zero-order chi connectivity index (χ0) is 21.3. The van der Waals surface area contributed by atoms with Crippen molar-refractivity contribution in [3.63, 3.8) is 0 Å². The smallest absolute Gasteiger partial charge is 0.287 e. The zero-order valence-corrected chi connectivity index (χ0v) is 18.0. The van der Waals surface area contributed by atoms with E-state index < -0.39 is 0 Å². The minimum atomic E-state index is -0.314. The molecule has 4 rings (SSSR count). The summed E-state index contributed by atoms with van der Waals surface area (Å²) in [6, 6.07) is 15.3. The molecule has 2 heterocycles. The van der Waals surface area contributed by atoms with Gasteiger partial charge in [-0.05, 0) is 49.4 Å². The highest BCUT2D eigenvalue weighted by molar-refractivity contribution is 7.98. The second-order valence-corrected chi connectivity index (χ2v) is 8.37. The number of benzene rings is 2. The average molecular weight is 460 g/mol. The molecule has 0 bridgehead atoms. The Kier molecular flexibility index (Phi) is 5.85. The maximum atomic E-state index is 12.4. The van der Waals surface area contributed by atoms with Crippen LogP contribution in [0.4, 0.5) is 5.69 Å². The fourth-order valence-electron chi connectivity index (χ4n) is 2.81. The van der Waals surface area contributed by atoms with E-state index in [-0.39, 0.29) is 11.5 Å². The molecule has 2 aromatic heterocycles. The lowest BCUT2D eigenvalue weighted by Crippen LogP contribution is -2.12. The molecule has 6 nitrogen and oxygen atoms in total. The summed E-state index contributed by atoms with van der Waals surface area (Å²) in [7, 11) is 0. The van der Waals surface area contributed by atoms with Crippen molar-refractivity contribution in [1.29, 1.82) is 0 Å². The predicted octanol–water partition coefficient (Wildman–Crippen LogP) is 5.45. The molecule has 1 amide bonds. The number of carbonyl (C=O) groups is 1. The number of hydrogen-bond acceptors (Lipinski definition) is 5. The third-order valence-electron chi connectivity index (χ3n) is 4.20. The molecule has 0 aliphatic rings. The van der Waals surface area contributed by atoms with E-state index in [1.807, 2.05) is 12.1 Å². The first-order valence-corrected chi connectivity index (χ1v) is 10.6. The van der Waals surface area contributed by atoms with Gasteiger partial charge < -0.3 is 9.84 Å². The van der Waals surface area contributed by atoms with Crippen molar-refractivity contribution in [3.8, 4) is 0 Å². The second kappa shape index (κ2) is 8.55. The Morgan fingerprint density at radius 1 is 1.13 bits per heavy atom. The van der Waals surface area contributed by atoms with Crippen LogP contribution in [0.15, 0.2) is 68.8 Å². The Morgan fingerprint density at radius 2 is 1.90 bits per heavy atom. The number of carbonyl (C=O) groups excluding carboxylic acids is 1. The SMILES string of the molecule is Cc1cc2nc(CSc3ccc(NC(=O)c4ccc(Cl)cc4Cl)cc3)cc(=O)n2o1. The van der Waals surface area contributed by atoms with Gasteiger partial charge in [0.2, 0.25) is 0 Å². The van der Waals surface area contributed by atoms with Gasteiger partial charge in [0.15, 0.2) is 5.65 Å². The Balaban J connectivity index is 1.41. The number of halogens is 2. The first-order valence-electron chi connectivity index (χ1n) is 8.88. The summed E-state index contributed by atoms with van der Waals surface area (Å²) in [4.78, 5) is 29.9. The van der Waals surface area contributed by atoms with E-state index in [4.69, 9.17) is 27.7 Å². The van der Waals surface area contributed by atoms with Crippen LogP contribution in [0.1, 0.15) is 21.8 Å². The van der Waals surface area contributed by atoms with E-state index in [0.29, 0.717) is 44.2 Å². The Morgan fingerprint density at radius 3 is 2.63 bits per heavy atom. The third kappa shape index (κ3) is 4.53. The molecule has 1 N–H and O–H groups in total. The molecule has 0 spiro atoms. The van der Waals surface area contributed by atoms with Crippen LogP contribution in [0.25, 0.3) is 5.65 Å². The van der Waals surface area contributed by atoms with Crippen molar-refractivity contribution in [1.82, 2.24) is 9.56 Å². The molecule has 2 aromatic carbocycles. The monoisotopic (exact) mass is 459 g/mol. The fraction of sp³-hybridized carbons (Fsp3) is 0.0952. The van der Waals surface area contributed by atoms with E-state index in [1.54, 1.807) is 37.3 Å². The van der Waals surface area contributed by atoms with Gasteiger partial charge in [0.1, 0.15) is 5.76 Å². The van der Waals surface area contributed by atoms with E-state index in [2.05, 4.69) is 10.3 Å². The molecule has 0 saturated carbocycles. The highest BCUT2D eigenvalue weighted by Gasteiger charge is 2.11. The van der Waals surface area contributed by atoms with Crippen molar-refractivity contribution in [2.45, 2.75) is 17.6 Å². The van der Waals surface area contributed by atoms with Gasteiger partial charge >= 0.3 is 0 Å². The van der Waals surface area contributed by atoms with E-state index in [0.717, 1.165) is 4.90 Å². The molecule has 0 unspecified atom stereocenters. The first-order chi connectivity index (χ1) is 14.4. The van der Waals surface area contributed by atoms with Crippen molar-refractivity contribution in [2.24, 2.45) is 0 Å². The fourth-order valence-corrected chi connectivity index (χ4v) is 4.10. The van der Waals surface area contributed by atoms with Crippen LogP contribution in [-0.2, 0) is 5.75 Å². The largest absolute Gasteiger partial charge is 0.375 e. The van der Waals surface area contributed by atoms with Crippen LogP contribution in [-0.4, -0.2) is 15.5 Å². The maximum Gasteiger partial charge on any atom is 0.287 e. The molecule has 0 aliphatic carbocycles. The van der Waals surface area contributed by atoms with Gasteiger partial charge in [-0.3, -0.25) is 9.59 Å². The van der Waals surface area contributed by atoms with Gasteiger partial charge in [-0.1, -0.05) is 23.2 Å². The second-order valence-electron chi connectivity index (χ2n) is 6.48. The Hall–Kier alpha value is -2.74. The normalized spacial score (nSPS) is 11.0. The molecule has 9 heteroatoms. The quantitative estimate of drug-likeness (QED) is 0.401. The number of aromatic nitrogens is 2. The third-order valence-corrected chi connectivity index (χ3v) is 5.79. The van der Waals surface area contributed by atoms with Crippen LogP contribution >= 0.6 is 35.0 Å². The molecule has 0 aliphatic heterocycles. The molecule has 0 atom stereocenters. The van der Waals surface area contributed by atoms with Crippen LogP contribution < -0.4 is 10.9 Å². The number of aryl methyl sites for hydroxylation is 1. The number of hydrogen-bond donors (Lipinski definition) is 1. The van der Waals surface area contributed by atoms with Crippen molar-refractivity contribution in [3.05, 3.63) is 92.0 Å². The van der Waals surface area contributed by atoms with Gasteiger partial charge in [0, 0.05) is 33.5 Å². The molecular formula is C21H15Cl2N3O3S. The first kappa shape index (κ1) is 20.5. The lowest BCUT2D eigenvalue weighted by molar-refractivity contribution is 0.102. The van der Waals surface area contributed by atoms with Crippen LogP contribution in [0.3, 0.4) is 0 Å². The van der Waals surface area contributed by atoms with E-state index >= 15 is 0 Å². The zero-order valence-electron chi connectivity index (χ0n) is 15.7. The van der Waals surface area contributed by atoms with Gasteiger partial charge in [-0.2, -0.15) is 0 Å². The molecule has 0 radical (unpaired) electrons. The molecule has 0 saturated heterocycles. The number of fused-ring (bicyclic) bond motifs is 1. The summed E-state index contributed by atoms with van der Waals surface area (Å²) in [6.07, 6.45) is 0. The molecule has 0 fully saturated rings. The summed E-state index contributed by atoms with van der Waals surface area (Å²) in [6.45, 7) is 1.77. The number of anilines is 1. The lowest BCUT2D eigenvalue weighted by atomic mass is 10.2. The minimum Gasteiger partial charge on any atom is -0.375 e. The van der Waals surface area contributed by atoms with Crippen molar-refractivity contribution in [2.75, 3.05) is 5.32 Å². The van der Waals surface area contributed by atoms with E-state index in [9.17, 15) is 9.59 Å². The maximum absolute atomic E-state index is 12.4. The summed E-state index contributed by atoms with van der Waals surface area (Å²) in [5.41, 5.74) is 1.90.